The summed E-state index contributed by atoms with van der Waals surface area (Å²) in [5, 5.41) is 14.8. The number of benzene rings is 2. The molecule has 2 N–H and O–H groups in total. The molecule has 0 bridgehead atoms. The number of rotatable bonds is 7. The number of amides is 2. The Labute approximate surface area is 184 Å². The molecule has 0 fully saturated rings. The molecule has 3 aromatic rings. The van der Waals surface area contributed by atoms with E-state index >= 15 is 0 Å². The van der Waals surface area contributed by atoms with Gasteiger partial charge in [-0.05, 0) is 49.7 Å². The highest BCUT2D eigenvalue weighted by Gasteiger charge is 2.14. The number of aromatic nitrogens is 3. The Morgan fingerprint density at radius 2 is 1.90 bits per heavy atom. The van der Waals surface area contributed by atoms with Gasteiger partial charge in [0.15, 0.2) is 0 Å². The van der Waals surface area contributed by atoms with Gasteiger partial charge in [0.1, 0.15) is 0 Å². The number of nitrogens with one attached hydrogen (secondary N) is 2. The highest BCUT2D eigenvalue weighted by atomic mass is 35.5. The van der Waals surface area contributed by atoms with E-state index in [0.29, 0.717) is 40.1 Å². The van der Waals surface area contributed by atoms with Gasteiger partial charge >= 0.3 is 0 Å². The lowest BCUT2D eigenvalue weighted by atomic mass is 10.1. The van der Waals surface area contributed by atoms with E-state index in [1.54, 1.807) is 41.1 Å². The van der Waals surface area contributed by atoms with Crippen LogP contribution in [0.15, 0.2) is 42.5 Å². The summed E-state index contributed by atoms with van der Waals surface area (Å²) < 4.78 is 1.71. The first-order valence-corrected chi connectivity index (χ1v) is 10.1. The van der Waals surface area contributed by atoms with Gasteiger partial charge in [-0.3, -0.25) is 9.59 Å². The van der Waals surface area contributed by atoms with Crippen LogP contribution in [0, 0.1) is 6.92 Å². The molecular formula is C21H21Cl2N5O2. The van der Waals surface area contributed by atoms with Gasteiger partial charge in [-0.15, -0.1) is 5.10 Å². The van der Waals surface area contributed by atoms with Gasteiger partial charge < -0.3 is 10.6 Å². The number of hydrogen-bond donors (Lipinski definition) is 2. The van der Waals surface area contributed by atoms with Crippen molar-refractivity contribution in [2.75, 3.05) is 11.9 Å². The molecule has 0 saturated carbocycles. The molecule has 0 aliphatic carbocycles. The molecule has 0 atom stereocenters. The normalized spacial score (nSPS) is 10.7. The Bertz CT molecular complexity index is 1080. The van der Waals surface area contributed by atoms with Gasteiger partial charge in [0, 0.05) is 17.8 Å². The van der Waals surface area contributed by atoms with Crippen LogP contribution in [0.2, 0.25) is 10.0 Å². The van der Waals surface area contributed by atoms with E-state index in [4.69, 9.17) is 23.2 Å². The van der Waals surface area contributed by atoms with Crippen molar-refractivity contribution >= 4 is 40.7 Å². The van der Waals surface area contributed by atoms with Gasteiger partial charge in [0.05, 0.1) is 34.4 Å². The molecule has 1 heterocycles. The summed E-state index contributed by atoms with van der Waals surface area (Å²) in [7, 11) is 0. The van der Waals surface area contributed by atoms with Crippen LogP contribution in [-0.2, 0) is 17.8 Å². The Hall–Kier alpha value is -2.90. The maximum absolute atomic E-state index is 12.5. The Balaban J connectivity index is 1.65. The van der Waals surface area contributed by atoms with Crippen LogP contribution < -0.4 is 10.6 Å². The smallest absolute Gasteiger partial charge is 0.251 e. The fourth-order valence-corrected chi connectivity index (χ4v) is 3.20. The second kappa shape index (κ2) is 9.73. The van der Waals surface area contributed by atoms with Crippen molar-refractivity contribution in [3.05, 3.63) is 75.0 Å². The zero-order valence-corrected chi connectivity index (χ0v) is 18.1. The second-order valence-corrected chi connectivity index (χ2v) is 7.51. The standard InChI is InChI=1S/C21H21Cl2N5O2/c1-3-24-21(30)15-5-4-6-16(10-15)25-20(29)11-19-13(2)28(27-26-19)12-14-7-8-17(22)18(23)9-14/h4-10H,3,11-12H2,1-2H3,(H,24,30)(H,25,29). The maximum Gasteiger partial charge on any atom is 0.251 e. The van der Waals surface area contributed by atoms with Gasteiger partial charge in [-0.1, -0.05) is 40.5 Å². The summed E-state index contributed by atoms with van der Waals surface area (Å²) in [6.07, 6.45) is 0.0680. The predicted octanol–water partition coefficient (Wildman–Crippen LogP) is 3.87. The SMILES string of the molecule is CCNC(=O)c1cccc(NC(=O)Cc2nnn(Cc3ccc(Cl)c(Cl)c3)c2C)c1. The minimum atomic E-state index is -0.243. The molecule has 0 aliphatic rings. The lowest BCUT2D eigenvalue weighted by Crippen LogP contribution is -2.23. The van der Waals surface area contributed by atoms with E-state index < -0.39 is 0 Å². The third kappa shape index (κ3) is 5.37. The van der Waals surface area contributed by atoms with Gasteiger partial charge in [0.2, 0.25) is 5.91 Å². The van der Waals surface area contributed by atoms with Gasteiger partial charge in [-0.2, -0.15) is 0 Å². The summed E-state index contributed by atoms with van der Waals surface area (Å²) in [6.45, 7) is 4.70. The lowest BCUT2D eigenvalue weighted by Gasteiger charge is -2.08. The van der Waals surface area contributed by atoms with E-state index in [1.807, 2.05) is 19.9 Å². The minimum Gasteiger partial charge on any atom is -0.352 e. The molecule has 9 heteroatoms. The summed E-state index contributed by atoms with van der Waals surface area (Å²) in [4.78, 5) is 24.4. The summed E-state index contributed by atoms with van der Waals surface area (Å²) in [5.41, 5.74) is 3.32. The molecule has 30 heavy (non-hydrogen) atoms. The monoisotopic (exact) mass is 445 g/mol. The third-order valence-corrected chi connectivity index (χ3v) is 5.21. The summed E-state index contributed by atoms with van der Waals surface area (Å²) in [5.74, 6) is -0.428. The molecule has 0 unspecified atom stereocenters. The summed E-state index contributed by atoms with van der Waals surface area (Å²) >= 11 is 12.0. The zero-order chi connectivity index (χ0) is 21.7. The van der Waals surface area contributed by atoms with Crippen molar-refractivity contribution in [1.82, 2.24) is 20.3 Å². The number of carbonyl (C=O) groups excluding carboxylic acids is 2. The molecule has 3 rings (SSSR count). The van der Waals surface area contributed by atoms with Crippen LogP contribution in [-0.4, -0.2) is 33.4 Å². The first-order chi connectivity index (χ1) is 14.4. The van der Waals surface area contributed by atoms with Crippen molar-refractivity contribution in [3.63, 3.8) is 0 Å². The van der Waals surface area contributed by atoms with Crippen LogP contribution in [0.4, 0.5) is 5.69 Å². The molecular weight excluding hydrogens is 425 g/mol. The topological polar surface area (TPSA) is 88.9 Å². The average molecular weight is 446 g/mol. The quantitative estimate of drug-likeness (QED) is 0.577. The van der Waals surface area contributed by atoms with Crippen molar-refractivity contribution < 1.29 is 9.59 Å². The van der Waals surface area contributed by atoms with Crippen molar-refractivity contribution in [3.8, 4) is 0 Å². The Morgan fingerprint density at radius 3 is 2.63 bits per heavy atom. The molecule has 0 radical (unpaired) electrons. The number of halogens is 2. The van der Waals surface area contributed by atoms with E-state index in [-0.39, 0.29) is 18.2 Å². The highest BCUT2D eigenvalue weighted by molar-refractivity contribution is 6.42. The van der Waals surface area contributed by atoms with Crippen LogP contribution >= 0.6 is 23.2 Å². The molecule has 156 valence electrons. The fourth-order valence-electron chi connectivity index (χ4n) is 2.88. The lowest BCUT2D eigenvalue weighted by molar-refractivity contribution is -0.115. The van der Waals surface area contributed by atoms with Crippen LogP contribution in [0.5, 0.6) is 0 Å². The van der Waals surface area contributed by atoms with Gasteiger partial charge in [0.25, 0.3) is 5.91 Å². The Kier molecular flexibility index (Phi) is 7.07. The van der Waals surface area contributed by atoms with Crippen LogP contribution in [0.3, 0.4) is 0 Å². The third-order valence-electron chi connectivity index (χ3n) is 4.47. The largest absolute Gasteiger partial charge is 0.352 e. The second-order valence-electron chi connectivity index (χ2n) is 6.69. The minimum absolute atomic E-state index is 0.0680. The molecule has 0 aliphatic heterocycles. The highest BCUT2D eigenvalue weighted by Crippen LogP contribution is 2.23. The average Bonchev–Trinajstić information content (AvgIpc) is 3.04. The predicted molar refractivity (Wildman–Crippen MR) is 117 cm³/mol. The van der Waals surface area contributed by atoms with Crippen LogP contribution in [0.1, 0.15) is 34.2 Å². The number of nitrogens with zero attached hydrogens (tertiary/aromatic N) is 3. The molecule has 2 aromatic carbocycles. The molecule has 0 saturated heterocycles. The summed E-state index contributed by atoms with van der Waals surface area (Å²) in [6, 6.07) is 12.2. The number of hydrogen-bond acceptors (Lipinski definition) is 4. The first kappa shape index (κ1) is 21.8. The van der Waals surface area contributed by atoms with E-state index in [0.717, 1.165) is 11.3 Å². The van der Waals surface area contributed by atoms with Crippen molar-refractivity contribution in [1.29, 1.82) is 0 Å². The van der Waals surface area contributed by atoms with E-state index in [9.17, 15) is 9.59 Å². The molecule has 0 spiro atoms. The van der Waals surface area contributed by atoms with E-state index in [2.05, 4.69) is 20.9 Å². The molecule has 7 nitrogen and oxygen atoms in total. The molecule has 2 amide bonds. The molecule has 1 aromatic heterocycles. The number of carbonyl (C=O) groups is 2. The Morgan fingerprint density at radius 1 is 1.10 bits per heavy atom. The van der Waals surface area contributed by atoms with E-state index in [1.165, 1.54) is 0 Å². The van der Waals surface area contributed by atoms with Crippen LogP contribution in [0.25, 0.3) is 0 Å². The maximum atomic E-state index is 12.5. The van der Waals surface area contributed by atoms with Gasteiger partial charge in [-0.25, -0.2) is 4.68 Å². The van der Waals surface area contributed by atoms with Crippen molar-refractivity contribution in [2.45, 2.75) is 26.8 Å². The van der Waals surface area contributed by atoms with Crippen molar-refractivity contribution in [2.24, 2.45) is 0 Å². The first-order valence-electron chi connectivity index (χ1n) is 9.38. The number of anilines is 1. The fraction of sp³-hybridized carbons (Fsp3) is 0.238. The zero-order valence-electron chi connectivity index (χ0n) is 16.6.